The highest BCUT2D eigenvalue weighted by Crippen LogP contribution is 2.21. The van der Waals surface area contributed by atoms with Crippen LogP contribution in [-0.2, 0) is 4.79 Å². The summed E-state index contributed by atoms with van der Waals surface area (Å²) < 4.78 is 5.07. The van der Waals surface area contributed by atoms with E-state index in [9.17, 15) is 9.90 Å². The Morgan fingerprint density at radius 2 is 1.70 bits per heavy atom. The fraction of sp³-hybridized carbons (Fsp3) is 0.0625. The number of ether oxygens (including phenoxy) is 1. The van der Waals surface area contributed by atoms with Crippen LogP contribution in [0.5, 0.6) is 5.75 Å². The molecule has 4 nitrogen and oxygen atoms in total. The molecule has 0 amide bonds. The van der Waals surface area contributed by atoms with Gasteiger partial charge < -0.3 is 15.6 Å². The van der Waals surface area contributed by atoms with E-state index in [1.807, 2.05) is 0 Å². The number of nitrogens with two attached hydrogens (primary N) is 1. The fourth-order valence-corrected chi connectivity index (χ4v) is 1.80. The first-order valence-corrected chi connectivity index (χ1v) is 6.05. The van der Waals surface area contributed by atoms with Crippen LogP contribution >= 0.6 is 0 Å². The summed E-state index contributed by atoms with van der Waals surface area (Å²) in [6, 6.07) is 13.9. The van der Waals surface area contributed by atoms with Gasteiger partial charge in [0, 0.05) is 5.69 Å². The molecule has 4 heteroatoms. The van der Waals surface area contributed by atoms with E-state index in [-0.39, 0.29) is 5.57 Å². The van der Waals surface area contributed by atoms with Gasteiger partial charge in [0.15, 0.2) is 0 Å². The first-order chi connectivity index (χ1) is 9.60. The van der Waals surface area contributed by atoms with Crippen molar-refractivity contribution in [2.24, 2.45) is 0 Å². The highest BCUT2D eigenvalue weighted by atomic mass is 16.5. The highest BCUT2D eigenvalue weighted by Gasteiger charge is 2.10. The van der Waals surface area contributed by atoms with Gasteiger partial charge in [0.25, 0.3) is 0 Å². The summed E-state index contributed by atoms with van der Waals surface area (Å²) >= 11 is 0. The molecule has 0 atom stereocenters. The molecule has 0 unspecified atom stereocenters. The van der Waals surface area contributed by atoms with Crippen LogP contribution in [0.15, 0.2) is 48.5 Å². The number of carbonyl (C=O) groups is 1. The van der Waals surface area contributed by atoms with Crippen LogP contribution in [0.1, 0.15) is 11.1 Å². The minimum atomic E-state index is -0.981. The van der Waals surface area contributed by atoms with Gasteiger partial charge in [-0.25, -0.2) is 4.79 Å². The average molecular weight is 269 g/mol. The third kappa shape index (κ3) is 3.17. The molecule has 0 aliphatic rings. The van der Waals surface area contributed by atoms with Crippen LogP contribution in [0.4, 0.5) is 5.69 Å². The molecule has 0 aliphatic heterocycles. The number of carboxylic acids is 1. The van der Waals surface area contributed by atoms with Crippen molar-refractivity contribution in [3.05, 3.63) is 59.7 Å². The van der Waals surface area contributed by atoms with E-state index in [1.54, 1.807) is 61.7 Å². The Balaban J connectivity index is 2.39. The van der Waals surface area contributed by atoms with Gasteiger partial charge in [-0.2, -0.15) is 0 Å². The molecule has 0 bridgehead atoms. The smallest absolute Gasteiger partial charge is 0.336 e. The Hall–Kier alpha value is -2.75. The van der Waals surface area contributed by atoms with E-state index in [0.717, 1.165) is 11.3 Å². The van der Waals surface area contributed by atoms with Crippen LogP contribution < -0.4 is 10.5 Å². The molecular formula is C16H15NO3. The average Bonchev–Trinajstić information content (AvgIpc) is 2.46. The molecule has 0 spiro atoms. The summed E-state index contributed by atoms with van der Waals surface area (Å²) in [7, 11) is 1.59. The SMILES string of the molecule is COc1ccc(/C=C(/C(=O)O)c2ccc(N)cc2)cc1. The molecular weight excluding hydrogens is 254 g/mol. The zero-order valence-electron chi connectivity index (χ0n) is 11.0. The largest absolute Gasteiger partial charge is 0.497 e. The summed E-state index contributed by atoms with van der Waals surface area (Å²) in [6.45, 7) is 0. The Kier molecular flexibility index (Phi) is 4.05. The maximum Gasteiger partial charge on any atom is 0.336 e. The Morgan fingerprint density at radius 3 is 2.20 bits per heavy atom. The van der Waals surface area contributed by atoms with Crippen LogP contribution in [0, 0.1) is 0 Å². The zero-order valence-corrected chi connectivity index (χ0v) is 11.0. The van der Waals surface area contributed by atoms with Gasteiger partial charge >= 0.3 is 5.97 Å². The monoisotopic (exact) mass is 269 g/mol. The Labute approximate surface area is 117 Å². The van der Waals surface area contributed by atoms with Gasteiger partial charge in [-0.1, -0.05) is 24.3 Å². The van der Waals surface area contributed by atoms with Crippen LogP contribution in [0.25, 0.3) is 11.6 Å². The van der Waals surface area contributed by atoms with Crippen molar-refractivity contribution in [1.29, 1.82) is 0 Å². The lowest BCUT2D eigenvalue weighted by Crippen LogP contribution is -2.00. The number of anilines is 1. The van der Waals surface area contributed by atoms with Crippen molar-refractivity contribution >= 4 is 23.3 Å². The fourth-order valence-electron chi connectivity index (χ4n) is 1.80. The van der Waals surface area contributed by atoms with E-state index in [2.05, 4.69) is 0 Å². The minimum Gasteiger partial charge on any atom is -0.497 e. The maximum atomic E-state index is 11.4. The lowest BCUT2D eigenvalue weighted by atomic mass is 10.0. The number of aliphatic carboxylic acids is 1. The molecule has 0 saturated heterocycles. The quantitative estimate of drug-likeness (QED) is 0.508. The van der Waals surface area contributed by atoms with E-state index in [0.29, 0.717) is 11.3 Å². The number of hydrogen-bond acceptors (Lipinski definition) is 3. The molecule has 0 saturated carbocycles. The summed E-state index contributed by atoms with van der Waals surface area (Å²) in [5.74, 6) is -0.253. The molecule has 3 N–H and O–H groups in total. The molecule has 0 fully saturated rings. The van der Waals surface area contributed by atoms with E-state index in [1.165, 1.54) is 0 Å². The second kappa shape index (κ2) is 5.93. The van der Waals surface area contributed by atoms with E-state index < -0.39 is 5.97 Å². The molecule has 0 aromatic heterocycles. The highest BCUT2D eigenvalue weighted by molar-refractivity contribution is 6.20. The molecule has 102 valence electrons. The third-order valence-electron chi connectivity index (χ3n) is 2.88. The molecule has 0 radical (unpaired) electrons. The molecule has 2 aromatic carbocycles. The molecule has 0 heterocycles. The number of methoxy groups -OCH3 is 1. The Bertz CT molecular complexity index is 628. The number of carboxylic acid groups (broad SMARTS) is 1. The second-order valence-electron chi connectivity index (χ2n) is 4.26. The predicted octanol–water partition coefficient (Wildman–Crippen LogP) is 2.90. The van der Waals surface area contributed by atoms with Crippen molar-refractivity contribution < 1.29 is 14.6 Å². The lowest BCUT2D eigenvalue weighted by Gasteiger charge is -2.04. The molecule has 20 heavy (non-hydrogen) atoms. The topological polar surface area (TPSA) is 72.5 Å². The number of benzene rings is 2. The molecule has 2 rings (SSSR count). The van der Waals surface area contributed by atoms with Crippen LogP contribution in [0.3, 0.4) is 0 Å². The van der Waals surface area contributed by atoms with E-state index >= 15 is 0 Å². The predicted molar refractivity (Wildman–Crippen MR) is 79.4 cm³/mol. The normalized spacial score (nSPS) is 11.2. The van der Waals surface area contributed by atoms with Crippen molar-refractivity contribution in [3.63, 3.8) is 0 Å². The van der Waals surface area contributed by atoms with Crippen LogP contribution in [0.2, 0.25) is 0 Å². The standard InChI is InChI=1S/C16H15NO3/c1-20-14-8-2-11(3-9-14)10-15(16(18)19)12-4-6-13(17)7-5-12/h2-10H,17H2,1H3,(H,18,19)/b15-10+. The second-order valence-corrected chi connectivity index (χ2v) is 4.26. The van der Waals surface area contributed by atoms with Crippen molar-refractivity contribution in [2.45, 2.75) is 0 Å². The van der Waals surface area contributed by atoms with Crippen molar-refractivity contribution in [1.82, 2.24) is 0 Å². The first kappa shape index (κ1) is 13.7. The van der Waals surface area contributed by atoms with Crippen LogP contribution in [-0.4, -0.2) is 18.2 Å². The summed E-state index contributed by atoms with van der Waals surface area (Å²) in [5.41, 5.74) is 7.83. The van der Waals surface area contributed by atoms with Gasteiger partial charge in [-0.05, 0) is 41.5 Å². The number of rotatable bonds is 4. The first-order valence-electron chi connectivity index (χ1n) is 6.05. The van der Waals surface area contributed by atoms with Crippen molar-refractivity contribution in [3.8, 4) is 5.75 Å². The zero-order chi connectivity index (χ0) is 14.5. The van der Waals surface area contributed by atoms with Gasteiger partial charge in [0.1, 0.15) is 5.75 Å². The lowest BCUT2D eigenvalue weighted by molar-refractivity contribution is -0.130. The van der Waals surface area contributed by atoms with Gasteiger partial charge in [0.05, 0.1) is 12.7 Å². The van der Waals surface area contributed by atoms with Gasteiger partial charge in [-0.3, -0.25) is 0 Å². The molecule has 0 aliphatic carbocycles. The van der Waals surface area contributed by atoms with Gasteiger partial charge in [-0.15, -0.1) is 0 Å². The number of hydrogen-bond donors (Lipinski definition) is 2. The number of nitrogen functional groups attached to an aromatic ring is 1. The third-order valence-corrected chi connectivity index (χ3v) is 2.88. The maximum absolute atomic E-state index is 11.4. The Morgan fingerprint density at radius 1 is 1.10 bits per heavy atom. The minimum absolute atomic E-state index is 0.218. The molecule has 2 aromatic rings. The summed E-state index contributed by atoms with van der Waals surface area (Å²) in [5, 5.41) is 9.33. The van der Waals surface area contributed by atoms with Gasteiger partial charge in [0.2, 0.25) is 0 Å². The summed E-state index contributed by atoms with van der Waals surface area (Å²) in [4.78, 5) is 11.4. The summed E-state index contributed by atoms with van der Waals surface area (Å²) in [6.07, 6.45) is 1.62. The van der Waals surface area contributed by atoms with Crippen molar-refractivity contribution in [2.75, 3.05) is 12.8 Å². The van der Waals surface area contributed by atoms with E-state index in [4.69, 9.17) is 10.5 Å².